The van der Waals surface area contributed by atoms with Gasteiger partial charge >= 0.3 is 0 Å². The largest absolute Gasteiger partial charge is 0.493 e. The van der Waals surface area contributed by atoms with Gasteiger partial charge < -0.3 is 19.9 Å². The number of rotatable bonds is 8. The highest BCUT2D eigenvalue weighted by atomic mass is 32.2. The summed E-state index contributed by atoms with van der Waals surface area (Å²) in [7, 11) is 4.58. The van der Waals surface area contributed by atoms with Gasteiger partial charge in [-0.25, -0.2) is 0 Å². The Labute approximate surface area is 247 Å². The summed E-state index contributed by atoms with van der Waals surface area (Å²) < 4.78 is 17.6. The third kappa shape index (κ3) is 5.25. The molecule has 1 atom stereocenters. The van der Waals surface area contributed by atoms with Crippen LogP contribution in [0.4, 0.5) is 5.13 Å². The van der Waals surface area contributed by atoms with Crippen LogP contribution in [-0.4, -0.2) is 37.3 Å². The van der Waals surface area contributed by atoms with Crippen molar-refractivity contribution in [2.75, 3.05) is 26.2 Å². The molecule has 1 unspecified atom stereocenters. The molecule has 1 aliphatic carbocycles. The zero-order valence-electron chi connectivity index (χ0n) is 23.6. The lowest BCUT2D eigenvalue weighted by Gasteiger charge is -2.42. The van der Waals surface area contributed by atoms with Crippen LogP contribution in [0, 0.1) is 16.7 Å². The molecular formula is C30H31N5O4S2. The van der Waals surface area contributed by atoms with E-state index in [9.17, 15) is 10.1 Å². The normalized spacial score (nSPS) is 18.2. The molecule has 0 amide bonds. The van der Waals surface area contributed by atoms with E-state index in [0.717, 1.165) is 15.8 Å². The van der Waals surface area contributed by atoms with Gasteiger partial charge in [0.2, 0.25) is 10.9 Å². The third-order valence-corrected chi connectivity index (χ3v) is 9.33. The Morgan fingerprint density at radius 1 is 1.07 bits per heavy atom. The van der Waals surface area contributed by atoms with E-state index < -0.39 is 5.92 Å². The average Bonchev–Trinajstić information content (AvgIpc) is 3.42. The first-order valence-corrected chi connectivity index (χ1v) is 14.8. The monoisotopic (exact) mass is 589 g/mol. The summed E-state index contributed by atoms with van der Waals surface area (Å²) in [5, 5.41) is 19.8. The molecule has 0 spiro atoms. The van der Waals surface area contributed by atoms with Crippen LogP contribution in [0.5, 0.6) is 17.2 Å². The van der Waals surface area contributed by atoms with Crippen LogP contribution in [0.15, 0.2) is 69.5 Å². The maximum atomic E-state index is 13.9. The minimum absolute atomic E-state index is 0.0495. The summed E-state index contributed by atoms with van der Waals surface area (Å²) in [5.74, 6) is 1.39. The van der Waals surface area contributed by atoms with Crippen LogP contribution in [0.2, 0.25) is 0 Å². The van der Waals surface area contributed by atoms with Crippen LogP contribution in [0.1, 0.15) is 43.7 Å². The van der Waals surface area contributed by atoms with E-state index in [0.29, 0.717) is 46.4 Å². The smallest absolute Gasteiger partial charge is 0.219 e. The predicted octanol–water partition coefficient (Wildman–Crippen LogP) is 5.80. The van der Waals surface area contributed by atoms with Gasteiger partial charge in [-0.3, -0.25) is 9.69 Å². The Bertz CT molecular complexity index is 1590. The van der Waals surface area contributed by atoms with Crippen molar-refractivity contribution in [1.29, 1.82) is 5.26 Å². The molecule has 0 saturated heterocycles. The molecule has 41 heavy (non-hydrogen) atoms. The Kier molecular flexibility index (Phi) is 7.98. The number of ketones is 1. The first-order chi connectivity index (χ1) is 19.7. The standard InChI is InChI=1S/C30H31N5O4S2/c1-30(2)13-20-24(21(36)14-30)23(18-11-12-22(37-3)26(39-5)25(18)38-4)19(15-31)27(32)35(20)28-33-34-29(41-28)40-16-17-9-7-6-8-10-17/h6-12,23H,13-14,16,32H2,1-5H3. The van der Waals surface area contributed by atoms with Crippen molar-refractivity contribution in [1.82, 2.24) is 10.2 Å². The van der Waals surface area contributed by atoms with Gasteiger partial charge in [-0.2, -0.15) is 5.26 Å². The topological polar surface area (TPSA) is 124 Å². The number of hydrogen-bond acceptors (Lipinski definition) is 11. The van der Waals surface area contributed by atoms with Crippen molar-refractivity contribution in [2.24, 2.45) is 11.1 Å². The van der Waals surface area contributed by atoms with Crippen LogP contribution in [0.3, 0.4) is 0 Å². The van der Waals surface area contributed by atoms with Crippen molar-refractivity contribution in [3.63, 3.8) is 0 Å². The number of nitrogens with zero attached hydrogens (tertiary/aromatic N) is 4. The van der Waals surface area contributed by atoms with Gasteiger partial charge in [-0.1, -0.05) is 73.3 Å². The van der Waals surface area contributed by atoms with Crippen molar-refractivity contribution in [3.05, 3.63) is 76.3 Å². The number of carbonyl (C=O) groups is 1. The molecule has 1 aliphatic heterocycles. The van der Waals surface area contributed by atoms with Crippen LogP contribution >= 0.6 is 23.1 Å². The summed E-state index contributed by atoms with van der Waals surface area (Å²) in [5.41, 5.74) is 9.72. The molecular weight excluding hydrogens is 558 g/mol. The van der Waals surface area contributed by atoms with E-state index in [4.69, 9.17) is 19.9 Å². The number of Topliss-reactive ketones (excluding diaryl/α,β-unsaturated/α-hetero) is 1. The van der Waals surface area contributed by atoms with Gasteiger partial charge in [0.05, 0.1) is 38.9 Å². The number of methoxy groups -OCH3 is 3. The van der Waals surface area contributed by atoms with Crippen molar-refractivity contribution < 1.29 is 19.0 Å². The highest BCUT2D eigenvalue weighted by Gasteiger charge is 2.46. The summed E-state index contributed by atoms with van der Waals surface area (Å²) in [6, 6.07) is 16.0. The van der Waals surface area contributed by atoms with E-state index in [2.05, 4.69) is 42.2 Å². The molecule has 9 nitrogen and oxygen atoms in total. The van der Waals surface area contributed by atoms with Crippen molar-refractivity contribution in [2.45, 2.75) is 42.7 Å². The number of anilines is 1. The Morgan fingerprint density at radius 3 is 2.46 bits per heavy atom. The van der Waals surface area contributed by atoms with E-state index in [1.807, 2.05) is 18.2 Å². The average molecular weight is 590 g/mol. The molecule has 0 fully saturated rings. The number of carbonyl (C=O) groups excluding carboxylic acids is 1. The van der Waals surface area contributed by atoms with Gasteiger partial charge in [0.1, 0.15) is 5.82 Å². The quantitative estimate of drug-likeness (QED) is 0.323. The number of ether oxygens (including phenoxy) is 3. The molecule has 0 radical (unpaired) electrons. The molecule has 2 heterocycles. The van der Waals surface area contributed by atoms with Crippen molar-refractivity contribution >= 4 is 34.0 Å². The molecule has 3 aromatic rings. The maximum Gasteiger partial charge on any atom is 0.219 e. The fourth-order valence-electron chi connectivity index (χ4n) is 5.46. The van der Waals surface area contributed by atoms with Crippen molar-refractivity contribution in [3.8, 4) is 23.3 Å². The lowest BCUT2D eigenvalue weighted by Crippen LogP contribution is -2.42. The fourth-order valence-corrected chi connectivity index (χ4v) is 7.30. The van der Waals surface area contributed by atoms with Crippen LogP contribution in [-0.2, 0) is 10.5 Å². The Balaban J connectivity index is 1.64. The predicted molar refractivity (Wildman–Crippen MR) is 159 cm³/mol. The first kappa shape index (κ1) is 28.5. The second-order valence-corrected chi connectivity index (χ2v) is 12.7. The molecule has 212 valence electrons. The third-order valence-electron chi connectivity index (χ3n) is 7.22. The SMILES string of the molecule is COc1ccc(C2C(C#N)=C(N)N(c3nnc(SCc4ccccc4)s3)C3=C2C(=O)CC(C)(C)C3)c(OC)c1OC. The van der Waals surface area contributed by atoms with E-state index in [1.54, 1.807) is 28.8 Å². The maximum absolute atomic E-state index is 13.9. The Morgan fingerprint density at radius 2 is 1.80 bits per heavy atom. The minimum Gasteiger partial charge on any atom is -0.493 e. The summed E-state index contributed by atoms with van der Waals surface area (Å²) >= 11 is 2.96. The highest BCUT2D eigenvalue weighted by Crippen LogP contribution is 2.54. The van der Waals surface area contributed by atoms with E-state index >= 15 is 0 Å². The first-order valence-electron chi connectivity index (χ1n) is 13.0. The second-order valence-electron chi connectivity index (χ2n) is 10.5. The number of hydrogen-bond donors (Lipinski definition) is 1. The number of benzene rings is 2. The number of thioether (sulfide) groups is 1. The second kappa shape index (κ2) is 11.5. The molecule has 0 bridgehead atoms. The van der Waals surface area contributed by atoms with Crippen LogP contribution in [0.25, 0.3) is 0 Å². The lowest BCUT2D eigenvalue weighted by atomic mass is 9.68. The van der Waals surface area contributed by atoms with Gasteiger partial charge in [-0.15, -0.1) is 10.2 Å². The van der Waals surface area contributed by atoms with Crippen LogP contribution < -0.4 is 24.8 Å². The number of allylic oxidation sites excluding steroid dienone is 3. The summed E-state index contributed by atoms with van der Waals surface area (Å²) in [4.78, 5) is 15.7. The van der Waals surface area contributed by atoms with E-state index in [-0.39, 0.29) is 22.6 Å². The highest BCUT2D eigenvalue weighted by molar-refractivity contribution is 8.00. The zero-order chi connectivity index (χ0) is 29.3. The number of aromatic nitrogens is 2. The molecule has 2 N–H and O–H groups in total. The zero-order valence-corrected chi connectivity index (χ0v) is 25.2. The van der Waals surface area contributed by atoms with E-state index in [1.165, 1.54) is 38.2 Å². The molecule has 1 aromatic heterocycles. The number of nitriles is 1. The fraction of sp³-hybridized carbons (Fsp3) is 0.333. The summed E-state index contributed by atoms with van der Waals surface area (Å²) in [6.07, 6.45) is 0.893. The minimum atomic E-state index is -0.746. The summed E-state index contributed by atoms with van der Waals surface area (Å²) in [6.45, 7) is 4.11. The molecule has 2 aromatic carbocycles. The lowest BCUT2D eigenvalue weighted by molar-refractivity contribution is -0.118. The molecule has 11 heteroatoms. The van der Waals surface area contributed by atoms with Gasteiger partial charge in [0.15, 0.2) is 21.6 Å². The molecule has 2 aliphatic rings. The van der Waals surface area contributed by atoms with Gasteiger partial charge in [0, 0.05) is 29.0 Å². The van der Waals surface area contributed by atoms with Gasteiger partial charge in [-0.05, 0) is 23.5 Å². The number of nitrogens with two attached hydrogens (primary N) is 1. The van der Waals surface area contributed by atoms with Gasteiger partial charge in [0.25, 0.3) is 0 Å². The molecule has 5 rings (SSSR count). The molecule has 0 saturated carbocycles. The Hall–Kier alpha value is -4.01.